The third-order valence-electron chi connectivity index (χ3n) is 5.69. The van der Waals surface area contributed by atoms with Crippen LogP contribution in [0.5, 0.6) is 5.75 Å². The molecule has 1 N–H and O–H groups in total. The normalized spacial score (nSPS) is 11.5. The van der Waals surface area contributed by atoms with E-state index < -0.39 is 6.04 Å². The molecular weight excluding hydrogens is 456 g/mol. The number of benzene rings is 3. The molecular formula is C29H34N2O3S. The summed E-state index contributed by atoms with van der Waals surface area (Å²) in [5, 5.41) is 3.06. The van der Waals surface area contributed by atoms with E-state index in [1.54, 1.807) is 12.0 Å². The second kappa shape index (κ2) is 14.2. The first-order valence-corrected chi connectivity index (χ1v) is 13.0. The molecule has 184 valence electrons. The number of methoxy groups -OCH3 is 1. The zero-order valence-electron chi connectivity index (χ0n) is 20.5. The van der Waals surface area contributed by atoms with Gasteiger partial charge in [0.1, 0.15) is 11.8 Å². The van der Waals surface area contributed by atoms with Gasteiger partial charge in [-0.3, -0.25) is 9.59 Å². The van der Waals surface area contributed by atoms with Gasteiger partial charge in [0.15, 0.2) is 0 Å². The molecule has 0 fully saturated rings. The number of unbranched alkanes of at least 4 members (excludes halogenated alkanes) is 1. The molecule has 0 aliphatic heterocycles. The number of thioether (sulfide) groups is 1. The van der Waals surface area contributed by atoms with Gasteiger partial charge >= 0.3 is 0 Å². The van der Waals surface area contributed by atoms with E-state index >= 15 is 0 Å². The first-order chi connectivity index (χ1) is 17.1. The van der Waals surface area contributed by atoms with Crippen molar-refractivity contribution >= 4 is 23.6 Å². The van der Waals surface area contributed by atoms with Crippen molar-refractivity contribution in [2.45, 2.75) is 43.7 Å². The van der Waals surface area contributed by atoms with Gasteiger partial charge in [-0.25, -0.2) is 0 Å². The van der Waals surface area contributed by atoms with Gasteiger partial charge in [-0.15, -0.1) is 11.8 Å². The monoisotopic (exact) mass is 490 g/mol. The van der Waals surface area contributed by atoms with E-state index in [1.807, 2.05) is 84.9 Å². The van der Waals surface area contributed by atoms with E-state index in [0.717, 1.165) is 34.6 Å². The molecule has 0 aliphatic rings. The second-order valence-electron chi connectivity index (χ2n) is 8.32. The summed E-state index contributed by atoms with van der Waals surface area (Å²) in [6, 6.07) is 26.8. The predicted octanol–water partition coefficient (Wildman–Crippen LogP) is 5.34. The van der Waals surface area contributed by atoms with E-state index in [-0.39, 0.29) is 17.6 Å². The number of amides is 2. The maximum Gasteiger partial charge on any atom is 0.243 e. The fraction of sp³-hybridized carbons (Fsp3) is 0.310. The lowest BCUT2D eigenvalue weighted by Crippen LogP contribution is -2.51. The Hall–Kier alpha value is -3.25. The Balaban J connectivity index is 1.89. The van der Waals surface area contributed by atoms with Gasteiger partial charge < -0.3 is 15.0 Å². The van der Waals surface area contributed by atoms with Gasteiger partial charge in [0.25, 0.3) is 0 Å². The van der Waals surface area contributed by atoms with Gasteiger partial charge in [-0.1, -0.05) is 74.0 Å². The number of carbonyl (C=O) groups is 2. The van der Waals surface area contributed by atoms with Crippen molar-refractivity contribution in [3.05, 3.63) is 96.1 Å². The molecule has 1 atom stereocenters. The maximum absolute atomic E-state index is 13.6. The van der Waals surface area contributed by atoms with Crippen molar-refractivity contribution in [2.75, 3.05) is 19.4 Å². The highest BCUT2D eigenvalue weighted by Gasteiger charge is 2.30. The largest absolute Gasteiger partial charge is 0.497 e. The fourth-order valence-electron chi connectivity index (χ4n) is 3.77. The van der Waals surface area contributed by atoms with Crippen molar-refractivity contribution in [1.82, 2.24) is 10.2 Å². The molecule has 0 aliphatic carbocycles. The van der Waals surface area contributed by atoms with Crippen LogP contribution in [0.1, 0.15) is 30.9 Å². The molecule has 0 aromatic heterocycles. The molecule has 0 unspecified atom stereocenters. The third-order valence-corrected chi connectivity index (χ3v) is 6.69. The van der Waals surface area contributed by atoms with Crippen molar-refractivity contribution in [2.24, 2.45) is 0 Å². The fourth-order valence-corrected chi connectivity index (χ4v) is 4.58. The molecule has 0 spiro atoms. The van der Waals surface area contributed by atoms with Crippen molar-refractivity contribution in [1.29, 1.82) is 0 Å². The molecule has 3 aromatic rings. The van der Waals surface area contributed by atoms with Crippen LogP contribution in [-0.2, 0) is 22.6 Å². The first kappa shape index (κ1) is 26.4. The zero-order chi connectivity index (χ0) is 24.9. The number of carbonyl (C=O) groups excluding carboxylic acids is 2. The number of rotatable bonds is 13. The van der Waals surface area contributed by atoms with E-state index in [4.69, 9.17) is 4.74 Å². The Morgan fingerprint density at radius 1 is 0.943 bits per heavy atom. The zero-order valence-corrected chi connectivity index (χ0v) is 21.3. The summed E-state index contributed by atoms with van der Waals surface area (Å²) >= 11 is 1.48. The lowest BCUT2D eigenvalue weighted by Gasteiger charge is -2.31. The molecule has 3 rings (SSSR count). The quantitative estimate of drug-likeness (QED) is 0.259. The Bertz CT molecular complexity index is 1060. The van der Waals surface area contributed by atoms with Crippen LogP contribution >= 0.6 is 11.8 Å². The number of nitrogens with one attached hydrogen (secondary N) is 1. The minimum absolute atomic E-state index is 0.0757. The Labute approximate surface area is 212 Å². The van der Waals surface area contributed by atoms with Gasteiger partial charge in [0, 0.05) is 24.4 Å². The molecule has 0 radical (unpaired) electrons. The van der Waals surface area contributed by atoms with Crippen molar-refractivity contribution < 1.29 is 14.3 Å². The topological polar surface area (TPSA) is 58.6 Å². The predicted molar refractivity (Wildman–Crippen MR) is 143 cm³/mol. The van der Waals surface area contributed by atoms with Crippen LogP contribution in [0.3, 0.4) is 0 Å². The Morgan fingerprint density at radius 3 is 2.31 bits per heavy atom. The van der Waals surface area contributed by atoms with E-state index in [1.165, 1.54) is 11.8 Å². The molecule has 6 heteroatoms. The molecule has 0 saturated heterocycles. The lowest BCUT2D eigenvalue weighted by atomic mass is 10.0. The summed E-state index contributed by atoms with van der Waals surface area (Å²) < 4.78 is 5.38. The number of hydrogen-bond donors (Lipinski definition) is 1. The summed E-state index contributed by atoms with van der Waals surface area (Å²) in [6.07, 6.45) is 2.34. The molecule has 3 aromatic carbocycles. The van der Waals surface area contributed by atoms with Crippen molar-refractivity contribution in [3.63, 3.8) is 0 Å². The standard InChI is InChI=1S/C29H34N2O3S/c1-3-4-18-30-29(33)27(20-23-12-7-5-8-13-23)31(21-24-14-11-15-25(19-24)34-2)28(32)22-35-26-16-9-6-10-17-26/h5-17,19,27H,3-4,18,20-22H2,1-2H3,(H,30,33)/t27-/m1/s1. The molecule has 35 heavy (non-hydrogen) atoms. The molecule has 2 amide bonds. The maximum atomic E-state index is 13.6. The minimum Gasteiger partial charge on any atom is -0.497 e. The number of ether oxygens (including phenoxy) is 1. The number of hydrogen-bond acceptors (Lipinski definition) is 4. The second-order valence-corrected chi connectivity index (χ2v) is 9.37. The van der Waals surface area contributed by atoms with Crippen LogP contribution in [0.15, 0.2) is 89.8 Å². The number of nitrogens with zero attached hydrogens (tertiary/aromatic N) is 1. The highest BCUT2D eigenvalue weighted by molar-refractivity contribution is 8.00. The van der Waals surface area contributed by atoms with Gasteiger partial charge in [-0.05, 0) is 41.8 Å². The molecule has 0 bridgehead atoms. The van der Waals surface area contributed by atoms with Crippen LogP contribution in [0.2, 0.25) is 0 Å². The average molecular weight is 491 g/mol. The van der Waals surface area contributed by atoms with Gasteiger partial charge in [-0.2, -0.15) is 0 Å². The van der Waals surface area contributed by atoms with Crippen LogP contribution < -0.4 is 10.1 Å². The SMILES string of the molecule is CCCCNC(=O)[C@@H](Cc1ccccc1)N(Cc1cccc(OC)c1)C(=O)CSc1ccccc1. The Morgan fingerprint density at radius 2 is 1.63 bits per heavy atom. The van der Waals surface area contributed by atoms with Crippen LogP contribution in [0, 0.1) is 0 Å². The van der Waals surface area contributed by atoms with Gasteiger partial charge in [0.05, 0.1) is 12.9 Å². The summed E-state index contributed by atoms with van der Waals surface area (Å²) in [5.41, 5.74) is 1.93. The highest BCUT2D eigenvalue weighted by atomic mass is 32.2. The van der Waals surface area contributed by atoms with Crippen LogP contribution in [0.25, 0.3) is 0 Å². The van der Waals surface area contributed by atoms with Crippen LogP contribution in [-0.4, -0.2) is 42.2 Å². The summed E-state index contributed by atoms with van der Waals surface area (Å²) in [4.78, 5) is 29.8. The molecule has 0 heterocycles. The van der Waals surface area contributed by atoms with E-state index in [9.17, 15) is 9.59 Å². The van der Waals surface area contributed by atoms with E-state index in [2.05, 4.69) is 12.2 Å². The molecule has 5 nitrogen and oxygen atoms in total. The highest BCUT2D eigenvalue weighted by Crippen LogP contribution is 2.22. The average Bonchev–Trinajstić information content (AvgIpc) is 2.90. The lowest BCUT2D eigenvalue weighted by molar-refractivity contribution is -0.139. The Kier molecular flexibility index (Phi) is 10.7. The third kappa shape index (κ3) is 8.48. The van der Waals surface area contributed by atoms with Crippen LogP contribution in [0.4, 0.5) is 0 Å². The molecule has 0 saturated carbocycles. The summed E-state index contributed by atoms with van der Waals surface area (Å²) in [5.74, 6) is 0.777. The smallest absolute Gasteiger partial charge is 0.243 e. The first-order valence-electron chi connectivity index (χ1n) is 12.0. The summed E-state index contributed by atoms with van der Waals surface area (Å²) in [7, 11) is 1.62. The summed E-state index contributed by atoms with van der Waals surface area (Å²) in [6.45, 7) is 3.01. The van der Waals surface area contributed by atoms with Gasteiger partial charge in [0.2, 0.25) is 11.8 Å². The van der Waals surface area contributed by atoms with E-state index in [0.29, 0.717) is 19.5 Å². The minimum atomic E-state index is -0.621. The van der Waals surface area contributed by atoms with Crippen molar-refractivity contribution in [3.8, 4) is 5.75 Å².